The maximum atomic E-state index is 12.3. The predicted molar refractivity (Wildman–Crippen MR) is 105 cm³/mol. The number of carbonyl (C=O) groups excluding carboxylic acids is 1. The van der Waals surface area contributed by atoms with E-state index in [0.717, 1.165) is 36.7 Å². The van der Waals surface area contributed by atoms with E-state index in [9.17, 15) is 4.79 Å². The number of fused-ring (bicyclic) bond motifs is 1. The molecule has 0 radical (unpaired) electrons. The van der Waals surface area contributed by atoms with Crippen molar-refractivity contribution in [1.82, 2.24) is 19.6 Å². The number of carbonyl (C=O) groups is 1. The maximum Gasteiger partial charge on any atom is 0.232 e. The number of thioether (sulfide) groups is 1. The molecule has 1 N–H and O–H groups in total. The van der Waals surface area contributed by atoms with Crippen LogP contribution in [0.2, 0.25) is 0 Å². The highest BCUT2D eigenvalue weighted by Gasteiger charge is 2.22. The molecule has 2 aromatic rings. The van der Waals surface area contributed by atoms with Gasteiger partial charge in [0.2, 0.25) is 5.91 Å². The molecular weight excluding hydrogens is 367 g/mol. The molecule has 134 valence electrons. The summed E-state index contributed by atoms with van der Waals surface area (Å²) in [5.41, 5.74) is 3.20. The van der Waals surface area contributed by atoms with Crippen LogP contribution in [0.5, 0.6) is 0 Å². The van der Waals surface area contributed by atoms with Crippen LogP contribution in [-0.2, 0) is 10.5 Å². The topological polar surface area (TPSA) is 49.6 Å². The molecule has 3 rings (SSSR count). The van der Waals surface area contributed by atoms with Crippen LogP contribution in [0.3, 0.4) is 0 Å². The van der Waals surface area contributed by atoms with Crippen molar-refractivity contribution in [2.24, 2.45) is 0 Å². The molecule has 5 nitrogen and oxygen atoms in total. The first-order chi connectivity index (χ1) is 10.6. The van der Waals surface area contributed by atoms with E-state index in [1.165, 1.54) is 5.56 Å². The summed E-state index contributed by atoms with van der Waals surface area (Å²) in [6, 6.07) is 4.38. The molecule has 0 bridgehead atoms. The van der Waals surface area contributed by atoms with E-state index in [1.807, 2.05) is 21.6 Å². The van der Waals surface area contributed by atoms with E-state index in [-0.39, 0.29) is 30.7 Å². The zero-order valence-electron chi connectivity index (χ0n) is 13.9. The molecule has 1 aliphatic heterocycles. The minimum Gasteiger partial charge on any atom is -0.337 e. The molecule has 3 heterocycles. The zero-order valence-corrected chi connectivity index (χ0v) is 16.3. The van der Waals surface area contributed by atoms with Gasteiger partial charge in [-0.15, -0.1) is 36.6 Å². The summed E-state index contributed by atoms with van der Waals surface area (Å²) in [6.45, 7) is 6.77. The van der Waals surface area contributed by atoms with Gasteiger partial charge in [-0.1, -0.05) is 6.07 Å². The monoisotopic (exact) mass is 390 g/mol. The van der Waals surface area contributed by atoms with Crippen molar-refractivity contribution in [2.45, 2.75) is 25.6 Å². The van der Waals surface area contributed by atoms with E-state index < -0.39 is 0 Å². The SMILES string of the molecule is Cc1ccc2nc(CSCC(=O)N3CCNC[C@@H]3C)cn2c1.Cl.Cl. The lowest BCUT2D eigenvalue weighted by Gasteiger charge is -2.33. The summed E-state index contributed by atoms with van der Waals surface area (Å²) >= 11 is 1.64. The molecule has 0 saturated carbocycles. The van der Waals surface area contributed by atoms with Gasteiger partial charge in [-0.05, 0) is 25.5 Å². The second-order valence-electron chi connectivity index (χ2n) is 5.84. The van der Waals surface area contributed by atoms with E-state index in [0.29, 0.717) is 11.8 Å². The number of piperazine rings is 1. The van der Waals surface area contributed by atoms with E-state index in [1.54, 1.807) is 11.8 Å². The minimum absolute atomic E-state index is 0. The van der Waals surface area contributed by atoms with Gasteiger partial charge < -0.3 is 14.6 Å². The molecule has 1 saturated heterocycles. The third-order valence-corrected chi connectivity index (χ3v) is 4.90. The van der Waals surface area contributed by atoms with Crippen molar-refractivity contribution in [3.05, 3.63) is 35.8 Å². The fraction of sp³-hybridized carbons (Fsp3) is 0.500. The van der Waals surface area contributed by atoms with Gasteiger partial charge in [-0.3, -0.25) is 4.79 Å². The lowest BCUT2D eigenvalue weighted by atomic mass is 10.2. The van der Waals surface area contributed by atoms with Crippen molar-refractivity contribution in [3.63, 3.8) is 0 Å². The number of aryl methyl sites for hydroxylation is 1. The van der Waals surface area contributed by atoms with Crippen molar-refractivity contribution in [1.29, 1.82) is 0 Å². The number of rotatable bonds is 4. The fourth-order valence-corrected chi connectivity index (χ4v) is 3.55. The van der Waals surface area contributed by atoms with Crippen LogP contribution in [0.25, 0.3) is 5.65 Å². The third kappa shape index (κ3) is 5.02. The Morgan fingerprint density at radius 1 is 1.38 bits per heavy atom. The molecule has 2 aromatic heterocycles. The quantitative estimate of drug-likeness (QED) is 0.871. The zero-order chi connectivity index (χ0) is 15.5. The molecule has 1 aliphatic rings. The van der Waals surface area contributed by atoms with Crippen LogP contribution in [0.15, 0.2) is 24.5 Å². The Morgan fingerprint density at radius 3 is 2.92 bits per heavy atom. The number of imidazole rings is 1. The number of nitrogens with one attached hydrogen (secondary N) is 1. The second kappa shape index (κ2) is 9.51. The van der Waals surface area contributed by atoms with Gasteiger partial charge >= 0.3 is 0 Å². The highest BCUT2D eigenvalue weighted by atomic mass is 35.5. The number of hydrogen-bond donors (Lipinski definition) is 1. The number of aromatic nitrogens is 2. The van der Waals surface area contributed by atoms with Gasteiger partial charge in [0.15, 0.2) is 0 Å². The Bertz CT molecular complexity index is 679. The Labute approximate surface area is 159 Å². The van der Waals surface area contributed by atoms with Gasteiger partial charge in [0.25, 0.3) is 0 Å². The Hall–Kier alpha value is -0.950. The van der Waals surface area contributed by atoms with Gasteiger partial charge in [0, 0.05) is 43.8 Å². The summed E-state index contributed by atoms with van der Waals surface area (Å²) in [5.74, 6) is 1.53. The second-order valence-corrected chi connectivity index (χ2v) is 6.82. The summed E-state index contributed by atoms with van der Waals surface area (Å²) in [5, 5.41) is 3.31. The van der Waals surface area contributed by atoms with Gasteiger partial charge in [0.05, 0.1) is 11.4 Å². The van der Waals surface area contributed by atoms with Crippen LogP contribution < -0.4 is 5.32 Å². The lowest BCUT2D eigenvalue weighted by Crippen LogP contribution is -2.52. The number of hydrogen-bond acceptors (Lipinski definition) is 4. The highest BCUT2D eigenvalue weighted by molar-refractivity contribution is 7.99. The third-order valence-electron chi connectivity index (χ3n) is 3.95. The number of nitrogens with zero attached hydrogens (tertiary/aromatic N) is 3. The number of halogens is 2. The first-order valence-electron chi connectivity index (χ1n) is 7.65. The predicted octanol–water partition coefficient (Wildman–Crippen LogP) is 2.54. The number of amides is 1. The summed E-state index contributed by atoms with van der Waals surface area (Å²) in [6.07, 6.45) is 4.12. The highest BCUT2D eigenvalue weighted by Crippen LogP contribution is 2.15. The van der Waals surface area contributed by atoms with Crippen molar-refractivity contribution >= 4 is 48.1 Å². The maximum absolute atomic E-state index is 12.3. The molecule has 0 aromatic carbocycles. The van der Waals surface area contributed by atoms with Gasteiger partial charge in [0.1, 0.15) is 5.65 Å². The average molecular weight is 391 g/mol. The summed E-state index contributed by atoms with van der Waals surface area (Å²) in [7, 11) is 0. The molecular formula is C16H24Cl2N4OS. The fourth-order valence-electron chi connectivity index (χ4n) is 2.76. The van der Waals surface area contributed by atoms with Crippen LogP contribution in [0.1, 0.15) is 18.2 Å². The van der Waals surface area contributed by atoms with Gasteiger partial charge in [-0.25, -0.2) is 4.98 Å². The molecule has 8 heteroatoms. The molecule has 0 unspecified atom stereocenters. The normalized spacial score (nSPS) is 17.2. The Morgan fingerprint density at radius 2 is 2.17 bits per heavy atom. The molecule has 1 fully saturated rings. The Kier molecular flexibility index (Phi) is 8.36. The first kappa shape index (κ1) is 21.1. The molecule has 24 heavy (non-hydrogen) atoms. The molecule has 1 atom stereocenters. The molecule has 1 amide bonds. The molecule has 0 aliphatic carbocycles. The van der Waals surface area contributed by atoms with Crippen molar-refractivity contribution < 1.29 is 4.79 Å². The smallest absolute Gasteiger partial charge is 0.232 e. The van der Waals surface area contributed by atoms with E-state index in [4.69, 9.17) is 0 Å². The van der Waals surface area contributed by atoms with Gasteiger partial charge in [-0.2, -0.15) is 0 Å². The standard InChI is InChI=1S/C16H22N4OS.2ClH/c1-12-3-4-15-18-14(9-19(15)8-12)10-22-11-16(21)20-6-5-17-7-13(20)2;;/h3-4,8-9,13,17H,5-7,10-11H2,1-2H3;2*1H/t13-;;/m0../s1. The number of pyridine rings is 1. The van der Waals surface area contributed by atoms with E-state index >= 15 is 0 Å². The first-order valence-corrected chi connectivity index (χ1v) is 8.81. The van der Waals surface area contributed by atoms with Crippen molar-refractivity contribution in [2.75, 3.05) is 25.4 Å². The van der Waals surface area contributed by atoms with Crippen LogP contribution in [0, 0.1) is 6.92 Å². The average Bonchev–Trinajstić information content (AvgIpc) is 2.89. The largest absolute Gasteiger partial charge is 0.337 e. The van der Waals surface area contributed by atoms with Crippen LogP contribution in [0.4, 0.5) is 0 Å². The van der Waals surface area contributed by atoms with Crippen molar-refractivity contribution in [3.8, 4) is 0 Å². The minimum atomic E-state index is 0. The van der Waals surface area contributed by atoms with E-state index in [2.05, 4.69) is 36.4 Å². The van der Waals surface area contributed by atoms with Crippen LogP contribution in [-0.4, -0.2) is 51.6 Å². The summed E-state index contributed by atoms with van der Waals surface area (Å²) in [4.78, 5) is 18.8. The van der Waals surface area contributed by atoms with Crippen LogP contribution >= 0.6 is 36.6 Å². The molecule has 0 spiro atoms. The summed E-state index contributed by atoms with van der Waals surface area (Å²) < 4.78 is 2.05. The Balaban J connectivity index is 0.00000144. The lowest BCUT2D eigenvalue weighted by molar-refractivity contribution is -0.131.